The van der Waals surface area contributed by atoms with Crippen LogP contribution in [0.4, 0.5) is 8.78 Å². The number of cyclic esters (lactones) is 1. The molecule has 3 aliphatic rings. The van der Waals surface area contributed by atoms with E-state index in [4.69, 9.17) is 19.2 Å². The number of halogens is 2. The Balaban J connectivity index is 1.54. The molecule has 12 nitrogen and oxygen atoms in total. The van der Waals surface area contributed by atoms with E-state index in [0.717, 1.165) is 5.39 Å². The van der Waals surface area contributed by atoms with E-state index < -0.39 is 85.7 Å². The summed E-state index contributed by atoms with van der Waals surface area (Å²) in [7, 11) is 0. The Morgan fingerprint density at radius 1 is 0.979 bits per heavy atom. The van der Waals surface area contributed by atoms with Gasteiger partial charge in [-0.15, -0.1) is 0 Å². The molecule has 254 valence electrons. The van der Waals surface area contributed by atoms with Gasteiger partial charge in [0.25, 0.3) is 11.8 Å². The van der Waals surface area contributed by atoms with Gasteiger partial charge in [0.15, 0.2) is 6.10 Å². The topological polar surface area (TPSA) is 148 Å². The number of amides is 3. The van der Waals surface area contributed by atoms with Gasteiger partial charge in [-0.2, -0.15) is 0 Å². The normalized spacial score (nSPS) is 27.1. The van der Waals surface area contributed by atoms with E-state index in [0.29, 0.717) is 36.2 Å². The number of carbonyl (C=O) groups excluding carboxylic acids is 4. The largest absolute Gasteiger partial charge is 0.451 e. The molecule has 3 aliphatic heterocycles. The second-order valence-electron chi connectivity index (χ2n) is 12.8. The van der Waals surface area contributed by atoms with Crippen LogP contribution >= 0.6 is 0 Å². The molecule has 3 N–H and O–H groups in total. The number of carbonyl (C=O) groups is 4. The third-order valence-electron chi connectivity index (χ3n) is 8.73. The summed E-state index contributed by atoms with van der Waals surface area (Å²) < 4.78 is 44.1. The van der Waals surface area contributed by atoms with E-state index in [1.165, 1.54) is 18.0 Å². The average molecular weight is 658 g/mol. The van der Waals surface area contributed by atoms with E-state index >= 15 is 0 Å². The van der Waals surface area contributed by atoms with Crippen LogP contribution in [0.25, 0.3) is 17.0 Å². The standard InChI is InChI=1S/C33H41F2N5O7/c1-19(2)27-29(42)37-21(4)30(43)40-13-5-6-25(39-40)28(41)36-20(3)24-10-9-23-8-7-22(14-26(23)38-24)11-12-32(31(44)47-27)17-45-33(15-34,16-35)46-18-32/h7-12,14,19-21,25,27,39H,5-6,13,15-18H2,1-4H3,(H,36,41)(H,37,42)/t20-,21+,25+,27+/m1/s1. The highest BCUT2D eigenvalue weighted by atomic mass is 19.1. The summed E-state index contributed by atoms with van der Waals surface area (Å²) in [6.07, 6.45) is 2.83. The summed E-state index contributed by atoms with van der Waals surface area (Å²) in [4.78, 5) is 58.7. The second-order valence-corrected chi connectivity index (χ2v) is 12.8. The van der Waals surface area contributed by atoms with Crippen LogP contribution in [-0.4, -0.2) is 90.8 Å². The smallest absolute Gasteiger partial charge is 0.321 e. The minimum absolute atomic E-state index is 0.297. The molecule has 2 fully saturated rings. The van der Waals surface area contributed by atoms with Crippen LogP contribution in [0, 0.1) is 11.3 Å². The molecule has 14 heteroatoms. The van der Waals surface area contributed by atoms with Crippen LogP contribution in [-0.2, 0) is 33.4 Å². The highest BCUT2D eigenvalue weighted by Crippen LogP contribution is 2.35. The van der Waals surface area contributed by atoms with Crippen molar-refractivity contribution >= 4 is 40.7 Å². The number of hydrazine groups is 1. The maximum atomic E-state index is 13.9. The lowest BCUT2D eigenvalue weighted by Crippen LogP contribution is -2.61. The Bertz CT molecular complexity index is 1540. The lowest BCUT2D eigenvalue weighted by Gasteiger charge is -2.41. The summed E-state index contributed by atoms with van der Waals surface area (Å²) in [6.45, 7) is 3.48. The molecule has 3 amide bonds. The fraction of sp³-hybridized carbons (Fsp3) is 0.545. The summed E-state index contributed by atoms with van der Waals surface area (Å²) in [5, 5.41) is 7.75. The Morgan fingerprint density at radius 3 is 2.34 bits per heavy atom. The van der Waals surface area contributed by atoms with Crippen molar-refractivity contribution in [3.05, 3.63) is 47.7 Å². The fourth-order valence-electron chi connectivity index (χ4n) is 5.66. The number of pyridine rings is 1. The zero-order valence-electron chi connectivity index (χ0n) is 26.9. The number of alkyl halides is 2. The molecule has 4 heterocycles. The van der Waals surface area contributed by atoms with Crippen molar-refractivity contribution in [1.29, 1.82) is 0 Å². The van der Waals surface area contributed by atoms with Crippen molar-refractivity contribution in [2.45, 2.75) is 70.6 Å². The number of benzene rings is 1. The maximum Gasteiger partial charge on any atom is 0.321 e. The van der Waals surface area contributed by atoms with Crippen molar-refractivity contribution in [1.82, 2.24) is 26.1 Å². The number of aromatic nitrogens is 1. The van der Waals surface area contributed by atoms with Gasteiger partial charge in [0.2, 0.25) is 11.7 Å². The highest BCUT2D eigenvalue weighted by Gasteiger charge is 2.50. The second kappa shape index (κ2) is 14.0. The van der Waals surface area contributed by atoms with Crippen LogP contribution in [0.15, 0.2) is 36.4 Å². The van der Waals surface area contributed by atoms with Crippen LogP contribution in [0.5, 0.6) is 0 Å². The van der Waals surface area contributed by atoms with Crippen LogP contribution in [0.2, 0.25) is 0 Å². The maximum absolute atomic E-state index is 13.9. The first-order chi connectivity index (χ1) is 22.4. The predicted molar refractivity (Wildman–Crippen MR) is 167 cm³/mol. The zero-order valence-corrected chi connectivity index (χ0v) is 26.9. The van der Waals surface area contributed by atoms with E-state index in [1.54, 1.807) is 32.1 Å². The van der Waals surface area contributed by atoms with Crippen molar-refractivity contribution in [2.75, 3.05) is 33.1 Å². The van der Waals surface area contributed by atoms with Gasteiger partial charge in [-0.1, -0.05) is 44.2 Å². The SMILES string of the molecule is CC(C)[C@@H]1OC(=O)C2(C=Cc3ccc4ccc(nc4c3)[C@@H](C)NC(=O)[C@@H]3CCCN(N3)C(=O)[C@H](C)NC1=O)COC(CF)(CF)OC2. The molecule has 0 aliphatic carbocycles. The molecule has 2 saturated heterocycles. The molecular formula is C33H41F2N5O7. The Morgan fingerprint density at radius 2 is 1.66 bits per heavy atom. The molecule has 1 spiro atoms. The van der Waals surface area contributed by atoms with Crippen LogP contribution < -0.4 is 16.1 Å². The fourth-order valence-corrected chi connectivity index (χ4v) is 5.66. The Kier molecular flexibility index (Phi) is 10.2. The van der Waals surface area contributed by atoms with Crippen LogP contribution in [0.3, 0.4) is 0 Å². The Labute approximate surface area is 271 Å². The lowest BCUT2D eigenvalue weighted by atomic mass is 9.87. The number of esters is 1. The van der Waals surface area contributed by atoms with E-state index in [9.17, 15) is 28.0 Å². The van der Waals surface area contributed by atoms with Crippen molar-refractivity contribution in [2.24, 2.45) is 11.3 Å². The third-order valence-corrected chi connectivity index (χ3v) is 8.73. The first-order valence-corrected chi connectivity index (χ1v) is 15.8. The molecule has 2 aromatic rings. The van der Waals surface area contributed by atoms with Crippen molar-refractivity contribution in [3.8, 4) is 0 Å². The highest BCUT2D eigenvalue weighted by molar-refractivity contribution is 5.92. The van der Waals surface area contributed by atoms with Gasteiger partial charge < -0.3 is 24.8 Å². The number of nitrogens with zero attached hydrogens (tertiary/aromatic N) is 2. The molecule has 5 bridgehead atoms. The van der Waals surface area contributed by atoms with Gasteiger partial charge in [-0.3, -0.25) is 29.2 Å². The minimum atomic E-state index is -2.15. The monoisotopic (exact) mass is 657 g/mol. The summed E-state index contributed by atoms with van der Waals surface area (Å²) in [5.74, 6) is -5.06. The first kappa shape index (κ1) is 34.3. The molecule has 0 saturated carbocycles. The number of hydrogen-bond acceptors (Lipinski definition) is 9. The minimum Gasteiger partial charge on any atom is -0.451 e. The number of nitrogens with one attached hydrogen (secondary N) is 3. The van der Waals surface area contributed by atoms with Gasteiger partial charge in [0, 0.05) is 11.9 Å². The van der Waals surface area contributed by atoms with Gasteiger partial charge >= 0.3 is 5.97 Å². The molecule has 0 radical (unpaired) electrons. The quantitative estimate of drug-likeness (QED) is 0.424. The van der Waals surface area contributed by atoms with Crippen LogP contribution in [0.1, 0.15) is 57.8 Å². The molecule has 47 heavy (non-hydrogen) atoms. The summed E-state index contributed by atoms with van der Waals surface area (Å²) in [5.41, 5.74) is 3.19. The van der Waals surface area contributed by atoms with Gasteiger partial charge in [0.1, 0.15) is 30.8 Å². The number of hydrogen-bond donors (Lipinski definition) is 3. The van der Waals surface area contributed by atoms with Crippen molar-refractivity contribution < 1.29 is 42.2 Å². The summed E-state index contributed by atoms with van der Waals surface area (Å²) in [6, 6.07) is 6.98. The summed E-state index contributed by atoms with van der Waals surface area (Å²) >= 11 is 0. The van der Waals surface area contributed by atoms with E-state index in [2.05, 4.69) is 16.1 Å². The molecule has 4 atom stereocenters. The van der Waals surface area contributed by atoms with E-state index in [1.807, 2.05) is 25.1 Å². The molecule has 1 aromatic heterocycles. The average Bonchev–Trinajstić information content (AvgIpc) is 3.08. The number of ether oxygens (including phenoxy) is 3. The zero-order chi connectivity index (χ0) is 33.9. The van der Waals surface area contributed by atoms with Gasteiger partial charge in [0.05, 0.1) is 30.5 Å². The molecule has 1 aromatic carbocycles. The van der Waals surface area contributed by atoms with Crippen molar-refractivity contribution in [3.63, 3.8) is 0 Å². The third kappa shape index (κ3) is 7.29. The predicted octanol–water partition coefficient (Wildman–Crippen LogP) is 2.68. The van der Waals surface area contributed by atoms with E-state index in [-0.39, 0.29) is 5.91 Å². The first-order valence-electron chi connectivity index (χ1n) is 15.8. The number of fused-ring (bicyclic) bond motifs is 4. The molecular weight excluding hydrogens is 616 g/mol. The Hall–Kier alpha value is -4.01. The number of rotatable bonds is 3. The molecule has 0 unspecified atom stereocenters. The van der Waals surface area contributed by atoms with Gasteiger partial charge in [-0.25, -0.2) is 14.2 Å². The van der Waals surface area contributed by atoms with Gasteiger partial charge in [-0.05, 0) is 50.3 Å². The lowest BCUT2D eigenvalue weighted by molar-refractivity contribution is -0.305. The molecule has 5 rings (SSSR count).